The first-order chi connectivity index (χ1) is 9.30. The second kappa shape index (κ2) is 6.36. The molecule has 1 aromatic carbocycles. The van der Waals surface area contributed by atoms with Gasteiger partial charge in [-0.15, -0.1) is 0 Å². The second-order valence-corrected chi connectivity index (χ2v) is 5.33. The predicted molar refractivity (Wildman–Crippen MR) is 79.1 cm³/mol. The summed E-state index contributed by atoms with van der Waals surface area (Å²) < 4.78 is 0. The van der Waals surface area contributed by atoms with E-state index in [4.69, 9.17) is 0 Å². The van der Waals surface area contributed by atoms with Gasteiger partial charge in [-0.2, -0.15) is 0 Å². The standard InChI is InChI=1S/C14H21N3O3/c1-5-8-14(2,3)16-13(18)10-6-7-12(17(19)20)11(9-10)15-4/h6-7,9,15H,5,8H2,1-4H3,(H,16,18). The molecule has 0 aliphatic rings. The highest BCUT2D eigenvalue weighted by molar-refractivity contribution is 5.96. The Hall–Kier alpha value is -2.11. The lowest BCUT2D eigenvalue weighted by atomic mass is 9.98. The smallest absolute Gasteiger partial charge is 0.292 e. The fourth-order valence-electron chi connectivity index (χ4n) is 2.10. The SMILES string of the molecule is CCCC(C)(C)NC(=O)c1ccc([N+](=O)[O-])c(NC)c1. The van der Waals surface area contributed by atoms with Gasteiger partial charge in [0.1, 0.15) is 5.69 Å². The van der Waals surface area contributed by atoms with Crippen molar-refractivity contribution >= 4 is 17.3 Å². The molecule has 0 atom stereocenters. The number of nitro benzene ring substituents is 1. The zero-order chi connectivity index (χ0) is 15.3. The van der Waals surface area contributed by atoms with Crippen LogP contribution in [0.15, 0.2) is 18.2 Å². The molecule has 0 spiro atoms. The Morgan fingerprint density at radius 1 is 1.40 bits per heavy atom. The van der Waals surface area contributed by atoms with E-state index in [-0.39, 0.29) is 17.1 Å². The number of carbonyl (C=O) groups is 1. The van der Waals surface area contributed by atoms with Crippen molar-refractivity contribution in [1.29, 1.82) is 0 Å². The number of hydrogen-bond donors (Lipinski definition) is 2. The van der Waals surface area contributed by atoms with Crippen LogP contribution in [0.25, 0.3) is 0 Å². The van der Waals surface area contributed by atoms with Crippen molar-refractivity contribution in [3.8, 4) is 0 Å². The van der Waals surface area contributed by atoms with Gasteiger partial charge in [-0.1, -0.05) is 13.3 Å². The van der Waals surface area contributed by atoms with Crippen LogP contribution < -0.4 is 10.6 Å². The van der Waals surface area contributed by atoms with Crippen molar-refractivity contribution in [2.45, 2.75) is 39.2 Å². The predicted octanol–water partition coefficient (Wildman–Crippen LogP) is 2.95. The molecule has 1 aromatic rings. The van der Waals surface area contributed by atoms with Crippen LogP contribution in [0.5, 0.6) is 0 Å². The molecule has 0 saturated heterocycles. The highest BCUT2D eigenvalue weighted by Crippen LogP contribution is 2.25. The van der Waals surface area contributed by atoms with Gasteiger partial charge < -0.3 is 10.6 Å². The third-order valence-corrected chi connectivity index (χ3v) is 3.05. The summed E-state index contributed by atoms with van der Waals surface area (Å²) in [4.78, 5) is 22.5. The second-order valence-electron chi connectivity index (χ2n) is 5.33. The molecule has 0 radical (unpaired) electrons. The fourth-order valence-corrected chi connectivity index (χ4v) is 2.10. The van der Waals surface area contributed by atoms with Crippen molar-refractivity contribution in [3.63, 3.8) is 0 Å². The summed E-state index contributed by atoms with van der Waals surface area (Å²) in [5.41, 5.74) is 0.393. The molecule has 0 aliphatic carbocycles. The molecule has 1 rings (SSSR count). The number of nitrogens with zero attached hydrogens (tertiary/aromatic N) is 1. The van der Waals surface area contributed by atoms with Crippen LogP contribution in [0.3, 0.4) is 0 Å². The van der Waals surface area contributed by atoms with E-state index in [1.807, 2.05) is 13.8 Å². The Morgan fingerprint density at radius 3 is 2.55 bits per heavy atom. The molecule has 0 aromatic heterocycles. The third-order valence-electron chi connectivity index (χ3n) is 3.05. The minimum Gasteiger partial charge on any atom is -0.383 e. The van der Waals surface area contributed by atoms with Gasteiger partial charge in [0.25, 0.3) is 11.6 Å². The zero-order valence-corrected chi connectivity index (χ0v) is 12.3. The zero-order valence-electron chi connectivity index (χ0n) is 12.3. The summed E-state index contributed by atoms with van der Waals surface area (Å²) in [7, 11) is 1.59. The summed E-state index contributed by atoms with van der Waals surface area (Å²) in [6.07, 6.45) is 1.83. The fraction of sp³-hybridized carbons (Fsp3) is 0.500. The monoisotopic (exact) mass is 279 g/mol. The number of anilines is 1. The van der Waals surface area contributed by atoms with Gasteiger partial charge in [-0.3, -0.25) is 14.9 Å². The van der Waals surface area contributed by atoms with Crippen LogP contribution in [0, 0.1) is 10.1 Å². The molecular weight excluding hydrogens is 258 g/mol. The van der Waals surface area contributed by atoms with E-state index in [2.05, 4.69) is 17.6 Å². The normalized spacial score (nSPS) is 11.0. The Morgan fingerprint density at radius 2 is 2.05 bits per heavy atom. The van der Waals surface area contributed by atoms with Gasteiger partial charge in [0.2, 0.25) is 0 Å². The molecule has 6 heteroatoms. The van der Waals surface area contributed by atoms with Crippen molar-refractivity contribution in [2.75, 3.05) is 12.4 Å². The van der Waals surface area contributed by atoms with Gasteiger partial charge in [0, 0.05) is 24.2 Å². The van der Waals surface area contributed by atoms with Crippen LogP contribution in [0.1, 0.15) is 44.0 Å². The minimum absolute atomic E-state index is 0.0446. The molecular formula is C14H21N3O3. The lowest BCUT2D eigenvalue weighted by molar-refractivity contribution is -0.383. The lowest BCUT2D eigenvalue weighted by Gasteiger charge is -2.25. The number of nitrogens with one attached hydrogen (secondary N) is 2. The van der Waals surface area contributed by atoms with Crippen LogP contribution in [-0.4, -0.2) is 23.4 Å². The number of benzene rings is 1. The molecule has 0 bridgehead atoms. The maximum atomic E-state index is 12.2. The van der Waals surface area contributed by atoms with E-state index in [9.17, 15) is 14.9 Å². The maximum Gasteiger partial charge on any atom is 0.292 e. The molecule has 0 fully saturated rings. The number of rotatable bonds is 6. The van der Waals surface area contributed by atoms with Crippen LogP contribution in [0.4, 0.5) is 11.4 Å². The van der Waals surface area contributed by atoms with Crippen LogP contribution >= 0.6 is 0 Å². The molecule has 110 valence electrons. The first-order valence-corrected chi connectivity index (χ1v) is 6.59. The summed E-state index contributed by atoms with van der Waals surface area (Å²) >= 11 is 0. The number of hydrogen-bond acceptors (Lipinski definition) is 4. The molecule has 20 heavy (non-hydrogen) atoms. The van der Waals surface area contributed by atoms with Crippen molar-refractivity contribution in [1.82, 2.24) is 5.32 Å². The number of nitro groups is 1. The van der Waals surface area contributed by atoms with E-state index in [1.165, 1.54) is 18.2 Å². The number of carbonyl (C=O) groups excluding carboxylic acids is 1. The Bertz CT molecular complexity index is 512. The summed E-state index contributed by atoms with van der Waals surface area (Å²) in [5, 5.41) is 16.5. The Balaban J connectivity index is 2.97. The van der Waals surface area contributed by atoms with Gasteiger partial charge in [0.15, 0.2) is 0 Å². The lowest BCUT2D eigenvalue weighted by Crippen LogP contribution is -2.43. The first kappa shape index (κ1) is 15.9. The number of amides is 1. The highest BCUT2D eigenvalue weighted by Gasteiger charge is 2.22. The van der Waals surface area contributed by atoms with Crippen molar-refractivity contribution in [3.05, 3.63) is 33.9 Å². The summed E-state index contributed by atoms with van der Waals surface area (Å²) in [6.45, 7) is 5.97. The third kappa shape index (κ3) is 3.94. The van der Waals surface area contributed by atoms with Gasteiger partial charge in [-0.25, -0.2) is 0 Å². The molecule has 0 heterocycles. The average Bonchev–Trinajstić information content (AvgIpc) is 2.36. The largest absolute Gasteiger partial charge is 0.383 e. The van der Waals surface area contributed by atoms with E-state index in [0.717, 1.165) is 12.8 Å². The first-order valence-electron chi connectivity index (χ1n) is 6.59. The minimum atomic E-state index is -0.478. The van der Waals surface area contributed by atoms with E-state index in [1.54, 1.807) is 7.05 Å². The average molecular weight is 279 g/mol. The molecule has 0 aliphatic heterocycles. The van der Waals surface area contributed by atoms with E-state index >= 15 is 0 Å². The topological polar surface area (TPSA) is 84.3 Å². The van der Waals surface area contributed by atoms with E-state index < -0.39 is 4.92 Å². The molecule has 1 amide bonds. The molecule has 6 nitrogen and oxygen atoms in total. The Kier molecular flexibility index (Phi) is 5.07. The quantitative estimate of drug-likeness (QED) is 0.619. The van der Waals surface area contributed by atoms with Gasteiger partial charge in [0.05, 0.1) is 4.92 Å². The van der Waals surface area contributed by atoms with Crippen molar-refractivity contribution < 1.29 is 9.72 Å². The summed E-state index contributed by atoms with van der Waals surface area (Å²) in [6, 6.07) is 4.30. The molecule has 2 N–H and O–H groups in total. The van der Waals surface area contributed by atoms with Gasteiger partial charge >= 0.3 is 0 Å². The van der Waals surface area contributed by atoms with Crippen molar-refractivity contribution in [2.24, 2.45) is 0 Å². The highest BCUT2D eigenvalue weighted by atomic mass is 16.6. The Labute approximate surface area is 118 Å². The summed E-state index contributed by atoms with van der Waals surface area (Å²) in [5.74, 6) is -0.227. The van der Waals surface area contributed by atoms with E-state index in [0.29, 0.717) is 11.3 Å². The molecule has 0 saturated carbocycles. The van der Waals surface area contributed by atoms with Crippen LogP contribution in [0.2, 0.25) is 0 Å². The van der Waals surface area contributed by atoms with Gasteiger partial charge in [-0.05, 0) is 32.4 Å². The van der Waals surface area contributed by atoms with Crippen LogP contribution in [-0.2, 0) is 0 Å². The maximum absolute atomic E-state index is 12.2. The molecule has 0 unspecified atom stereocenters.